The van der Waals surface area contributed by atoms with E-state index in [-0.39, 0.29) is 24.2 Å². The Morgan fingerprint density at radius 1 is 1.31 bits per heavy atom. The number of aromatic nitrogens is 1. The summed E-state index contributed by atoms with van der Waals surface area (Å²) in [6, 6.07) is 0. The highest BCUT2D eigenvalue weighted by molar-refractivity contribution is 7.09. The van der Waals surface area contributed by atoms with Crippen LogP contribution < -0.4 is 0 Å². The van der Waals surface area contributed by atoms with Crippen LogP contribution in [0.4, 0.5) is 4.39 Å². The first-order valence-electron chi connectivity index (χ1n) is 12.9. The van der Waals surface area contributed by atoms with Crippen LogP contribution in [0.25, 0.3) is 6.08 Å². The summed E-state index contributed by atoms with van der Waals surface area (Å²) in [5.41, 5.74) is -1.31. The minimum absolute atomic E-state index is 0.125. The van der Waals surface area contributed by atoms with Gasteiger partial charge in [-0.05, 0) is 45.1 Å². The largest absolute Gasteiger partial charge is 0.455 e. The Balaban J connectivity index is 1.87. The van der Waals surface area contributed by atoms with Crippen molar-refractivity contribution in [3.63, 3.8) is 0 Å². The van der Waals surface area contributed by atoms with Gasteiger partial charge in [0.25, 0.3) is 0 Å². The van der Waals surface area contributed by atoms with Crippen molar-refractivity contribution in [2.75, 3.05) is 0 Å². The number of aliphatic hydroxyl groups excluding tert-OH is 2. The Hall–Kier alpha value is -1.68. The van der Waals surface area contributed by atoms with Crippen molar-refractivity contribution < 1.29 is 33.7 Å². The highest BCUT2D eigenvalue weighted by Gasteiger charge is 2.53. The van der Waals surface area contributed by atoms with Gasteiger partial charge in [-0.3, -0.25) is 9.59 Å². The summed E-state index contributed by atoms with van der Waals surface area (Å²) in [5.74, 6) is -2.53. The van der Waals surface area contributed by atoms with Crippen LogP contribution >= 0.6 is 11.3 Å². The number of carbonyl (C=O) groups is 2. The average Bonchev–Trinajstić information content (AvgIpc) is 3.24. The zero-order valence-corrected chi connectivity index (χ0v) is 22.9. The predicted octanol–water partition coefficient (Wildman–Crippen LogP) is 4.77. The molecule has 3 heterocycles. The first-order valence-corrected chi connectivity index (χ1v) is 13.7. The Morgan fingerprint density at radius 3 is 2.61 bits per heavy atom. The van der Waals surface area contributed by atoms with E-state index in [1.54, 1.807) is 19.2 Å². The number of carbonyl (C=O) groups excluding carboxylic acids is 2. The molecule has 0 spiro atoms. The van der Waals surface area contributed by atoms with E-state index < -0.39 is 53.5 Å². The number of thiazole rings is 1. The molecule has 202 valence electrons. The molecule has 0 radical (unpaired) electrons. The second-order valence-corrected chi connectivity index (χ2v) is 12.2. The van der Waals surface area contributed by atoms with Gasteiger partial charge in [0.05, 0.1) is 46.5 Å². The summed E-state index contributed by atoms with van der Waals surface area (Å²) in [5, 5.41) is 24.4. The molecule has 2 unspecified atom stereocenters. The molecule has 0 bridgehead atoms. The number of aryl methyl sites for hydroxylation is 1. The van der Waals surface area contributed by atoms with Crippen molar-refractivity contribution in [3.8, 4) is 0 Å². The monoisotopic (exact) mass is 525 g/mol. The Labute approximate surface area is 217 Å². The zero-order chi connectivity index (χ0) is 26.8. The second-order valence-electron chi connectivity index (χ2n) is 11.1. The summed E-state index contributed by atoms with van der Waals surface area (Å²) < 4.78 is 26.7. The van der Waals surface area contributed by atoms with Crippen molar-refractivity contribution >= 4 is 29.2 Å². The number of rotatable bonds is 3. The Bertz CT molecular complexity index is 977. The number of nitrogens with zero attached hydrogens (tertiary/aromatic N) is 1. The van der Waals surface area contributed by atoms with Gasteiger partial charge < -0.3 is 19.7 Å². The Morgan fingerprint density at radius 2 is 2.00 bits per heavy atom. The molecule has 0 aliphatic carbocycles. The van der Waals surface area contributed by atoms with E-state index in [0.29, 0.717) is 25.0 Å². The van der Waals surface area contributed by atoms with Crippen LogP contribution in [0.5, 0.6) is 0 Å². The van der Waals surface area contributed by atoms with Crippen LogP contribution in [-0.2, 0) is 19.1 Å². The molecule has 9 heteroatoms. The van der Waals surface area contributed by atoms with E-state index in [1.165, 1.54) is 17.4 Å². The molecule has 0 saturated carbocycles. The van der Waals surface area contributed by atoms with E-state index in [4.69, 9.17) is 9.47 Å². The van der Waals surface area contributed by atoms with Gasteiger partial charge in [0.2, 0.25) is 0 Å². The minimum Gasteiger partial charge on any atom is -0.455 e. The zero-order valence-electron chi connectivity index (χ0n) is 22.1. The molecule has 0 amide bonds. The van der Waals surface area contributed by atoms with Gasteiger partial charge >= 0.3 is 5.97 Å². The van der Waals surface area contributed by atoms with Gasteiger partial charge in [-0.2, -0.15) is 0 Å². The quantitative estimate of drug-likeness (QED) is 0.432. The van der Waals surface area contributed by atoms with Crippen molar-refractivity contribution in [2.24, 2.45) is 17.3 Å². The average molecular weight is 526 g/mol. The van der Waals surface area contributed by atoms with Crippen LogP contribution in [0.2, 0.25) is 0 Å². The third kappa shape index (κ3) is 6.60. The van der Waals surface area contributed by atoms with Crippen LogP contribution in [0.15, 0.2) is 11.2 Å². The van der Waals surface area contributed by atoms with Gasteiger partial charge in [-0.1, -0.05) is 34.1 Å². The highest BCUT2D eigenvalue weighted by Crippen LogP contribution is 2.45. The number of cyclic esters (lactones) is 1. The molecule has 0 aromatic carbocycles. The number of ether oxygens (including phenoxy) is 2. The van der Waals surface area contributed by atoms with Gasteiger partial charge in [0, 0.05) is 17.7 Å². The fourth-order valence-electron chi connectivity index (χ4n) is 5.09. The summed E-state index contributed by atoms with van der Waals surface area (Å²) in [6.45, 7) is 10.7. The molecule has 2 aliphatic rings. The van der Waals surface area contributed by atoms with Gasteiger partial charge in [0.1, 0.15) is 11.6 Å². The topological polar surface area (TPSA) is 109 Å². The lowest BCUT2D eigenvalue weighted by Crippen LogP contribution is -2.46. The van der Waals surface area contributed by atoms with Crippen molar-refractivity contribution in [1.29, 1.82) is 0 Å². The first-order chi connectivity index (χ1) is 16.8. The van der Waals surface area contributed by atoms with Crippen LogP contribution in [0.1, 0.15) is 83.8 Å². The lowest BCUT2D eigenvalue weighted by atomic mass is 9.71. The molecule has 3 rings (SSSR count). The summed E-state index contributed by atoms with van der Waals surface area (Å²) in [7, 11) is 0. The van der Waals surface area contributed by atoms with E-state index in [9.17, 15) is 19.8 Å². The summed E-state index contributed by atoms with van der Waals surface area (Å²) in [4.78, 5) is 30.5. The third-order valence-electron chi connectivity index (χ3n) is 7.90. The number of fused-ring (bicyclic) bond motifs is 1. The number of esters is 1. The van der Waals surface area contributed by atoms with E-state index in [0.717, 1.165) is 11.4 Å². The maximum Gasteiger partial charge on any atom is 0.309 e. The number of Topliss-reactive ketones (excluding diaryl/α,β-unsaturated/α-hetero) is 1. The number of hydrogen-bond acceptors (Lipinski definition) is 8. The summed E-state index contributed by atoms with van der Waals surface area (Å²) in [6.07, 6.45) is -0.139. The molecule has 2 aliphatic heterocycles. The Kier molecular flexibility index (Phi) is 9.13. The summed E-state index contributed by atoms with van der Waals surface area (Å²) >= 11 is 1.39. The van der Waals surface area contributed by atoms with Gasteiger partial charge in [0.15, 0.2) is 6.10 Å². The molecular formula is C27H40FNO6S. The molecule has 2 fully saturated rings. The normalized spacial score (nSPS) is 36.8. The fraction of sp³-hybridized carbons (Fsp3) is 0.741. The number of halogens is 1. The van der Waals surface area contributed by atoms with Crippen molar-refractivity contribution in [3.05, 3.63) is 21.9 Å². The van der Waals surface area contributed by atoms with Crippen LogP contribution in [-0.4, -0.2) is 57.0 Å². The molecular weight excluding hydrogens is 485 g/mol. The lowest BCUT2D eigenvalue weighted by molar-refractivity contribution is -0.155. The number of ketones is 1. The predicted molar refractivity (Wildman–Crippen MR) is 136 cm³/mol. The van der Waals surface area contributed by atoms with E-state index in [2.05, 4.69) is 4.98 Å². The van der Waals surface area contributed by atoms with E-state index in [1.807, 2.05) is 27.7 Å². The van der Waals surface area contributed by atoms with Crippen LogP contribution in [0, 0.1) is 24.2 Å². The smallest absolute Gasteiger partial charge is 0.309 e. The minimum atomic E-state index is -1.35. The highest BCUT2D eigenvalue weighted by atomic mass is 32.1. The molecule has 1 aromatic heterocycles. The third-order valence-corrected chi connectivity index (χ3v) is 8.69. The standard InChI is InChI=1S/C27H40FNO6S/c1-7-18-24(32)15(2)9-8-10-27(6)22(35-27)12-20(19(28)11-17-14-36-16(3)29-17)34-23(31)13-21(30)26(4,5)25(18)33/h11,14-15,18,20-22,24,30,32H,7-10,12-13H2,1-6H3/b19-11-/t15-,18+,20-,21-,22?,24-,27?/m0/s1. The maximum atomic E-state index is 15.3. The maximum absolute atomic E-state index is 15.3. The van der Waals surface area contributed by atoms with Gasteiger partial charge in [-0.15, -0.1) is 11.3 Å². The number of aliphatic hydroxyl groups is 2. The molecule has 2 N–H and O–H groups in total. The second kappa shape index (κ2) is 11.4. The first kappa shape index (κ1) is 28.9. The van der Waals surface area contributed by atoms with Crippen molar-refractivity contribution in [1.82, 2.24) is 4.98 Å². The molecule has 36 heavy (non-hydrogen) atoms. The number of hydrogen-bond donors (Lipinski definition) is 2. The van der Waals surface area contributed by atoms with Crippen LogP contribution in [0.3, 0.4) is 0 Å². The molecule has 7 nitrogen and oxygen atoms in total. The number of epoxide rings is 1. The fourth-order valence-corrected chi connectivity index (χ4v) is 5.66. The van der Waals surface area contributed by atoms with Gasteiger partial charge in [-0.25, -0.2) is 9.37 Å². The molecule has 7 atom stereocenters. The SMILES string of the molecule is CC[C@H]1C(=O)C(C)(C)[C@@H](O)CC(=O)O[C@H](/C(F)=C/c2csc(C)n2)CC2OC2(C)CCC[C@H](C)[C@@H]1O. The lowest BCUT2D eigenvalue weighted by Gasteiger charge is -2.35. The molecule has 2 saturated heterocycles. The van der Waals surface area contributed by atoms with Crippen molar-refractivity contribution in [2.45, 2.75) is 110 Å². The molecule has 1 aromatic rings. The van der Waals surface area contributed by atoms with E-state index >= 15 is 4.39 Å².